The molecular weight excluding hydrogens is 471 g/mol. The number of benzene rings is 4. The Morgan fingerprint density at radius 3 is 2.31 bits per heavy atom. The van der Waals surface area contributed by atoms with E-state index in [0.29, 0.717) is 23.8 Å². The van der Waals surface area contributed by atoms with Gasteiger partial charge in [0.05, 0.1) is 0 Å². The minimum Gasteiger partial charge on any atom is -0.507 e. The van der Waals surface area contributed by atoms with Crippen LogP contribution in [0.1, 0.15) is 22.3 Å². The van der Waals surface area contributed by atoms with Gasteiger partial charge in [-0.1, -0.05) is 60.4 Å². The zero-order valence-corrected chi connectivity index (χ0v) is 17.8. The second-order valence-corrected chi connectivity index (χ2v) is 8.17. The monoisotopic (exact) mass is 490 g/mol. The van der Waals surface area contributed by atoms with Gasteiger partial charge in [0.15, 0.2) is 0 Å². The second kappa shape index (κ2) is 8.59. The van der Waals surface area contributed by atoms with Gasteiger partial charge in [0, 0.05) is 32.9 Å². The molecule has 3 heteroatoms. The number of phenols is 2. The fourth-order valence-corrected chi connectivity index (χ4v) is 3.67. The number of hydrogen-bond acceptors (Lipinski definition) is 2. The SMILES string of the molecule is Oc1cc2ccc(C#CCc3ccc(I)cc3)cc2c(O)c1Cc1ccccc1. The molecule has 0 aromatic heterocycles. The highest BCUT2D eigenvalue weighted by atomic mass is 127. The molecule has 142 valence electrons. The van der Waals surface area contributed by atoms with E-state index in [9.17, 15) is 10.2 Å². The van der Waals surface area contributed by atoms with E-state index >= 15 is 0 Å². The van der Waals surface area contributed by atoms with Crippen LogP contribution in [0.2, 0.25) is 0 Å². The van der Waals surface area contributed by atoms with Gasteiger partial charge in [-0.15, -0.1) is 0 Å². The lowest BCUT2D eigenvalue weighted by atomic mass is 9.97. The molecule has 4 rings (SSSR count). The molecule has 0 saturated heterocycles. The van der Waals surface area contributed by atoms with Crippen molar-refractivity contribution in [2.75, 3.05) is 0 Å². The predicted molar refractivity (Wildman–Crippen MR) is 126 cm³/mol. The first-order valence-corrected chi connectivity index (χ1v) is 10.4. The van der Waals surface area contributed by atoms with Gasteiger partial charge in [-0.2, -0.15) is 0 Å². The van der Waals surface area contributed by atoms with Gasteiger partial charge < -0.3 is 10.2 Å². The summed E-state index contributed by atoms with van der Waals surface area (Å²) in [7, 11) is 0. The van der Waals surface area contributed by atoms with Crippen LogP contribution in [0.3, 0.4) is 0 Å². The lowest BCUT2D eigenvalue weighted by molar-refractivity contribution is 0.445. The van der Waals surface area contributed by atoms with Gasteiger partial charge >= 0.3 is 0 Å². The highest BCUT2D eigenvalue weighted by Crippen LogP contribution is 2.37. The number of phenolic OH excluding ortho intramolecular Hbond substituents is 2. The molecule has 0 unspecified atom stereocenters. The smallest absolute Gasteiger partial charge is 0.130 e. The Bertz CT molecular complexity index is 1220. The maximum absolute atomic E-state index is 10.8. The molecule has 0 heterocycles. The van der Waals surface area contributed by atoms with Crippen LogP contribution >= 0.6 is 22.6 Å². The van der Waals surface area contributed by atoms with Crippen molar-refractivity contribution >= 4 is 33.4 Å². The molecule has 29 heavy (non-hydrogen) atoms. The van der Waals surface area contributed by atoms with Crippen LogP contribution in [0.4, 0.5) is 0 Å². The van der Waals surface area contributed by atoms with Crippen molar-refractivity contribution in [3.63, 3.8) is 0 Å². The van der Waals surface area contributed by atoms with E-state index in [0.717, 1.165) is 16.5 Å². The maximum Gasteiger partial charge on any atom is 0.130 e. The van der Waals surface area contributed by atoms with Crippen LogP contribution in [0, 0.1) is 15.4 Å². The van der Waals surface area contributed by atoms with Crippen molar-refractivity contribution in [3.05, 3.63) is 105 Å². The van der Waals surface area contributed by atoms with E-state index in [4.69, 9.17) is 0 Å². The average Bonchev–Trinajstić information content (AvgIpc) is 2.74. The number of fused-ring (bicyclic) bond motifs is 1. The summed E-state index contributed by atoms with van der Waals surface area (Å²) in [5, 5.41) is 22.8. The van der Waals surface area contributed by atoms with E-state index < -0.39 is 0 Å². The number of hydrogen-bond donors (Lipinski definition) is 2. The van der Waals surface area contributed by atoms with Crippen molar-refractivity contribution in [2.45, 2.75) is 12.8 Å². The summed E-state index contributed by atoms with van der Waals surface area (Å²) in [6.45, 7) is 0. The molecule has 0 fully saturated rings. The Labute approximate surface area is 184 Å². The zero-order valence-electron chi connectivity index (χ0n) is 15.7. The summed E-state index contributed by atoms with van der Waals surface area (Å²) in [5.41, 5.74) is 3.59. The number of rotatable bonds is 3. The Morgan fingerprint density at radius 2 is 1.55 bits per heavy atom. The molecule has 0 aliphatic rings. The van der Waals surface area contributed by atoms with Gasteiger partial charge in [-0.3, -0.25) is 0 Å². The van der Waals surface area contributed by atoms with E-state index in [1.54, 1.807) is 6.07 Å². The Balaban J connectivity index is 1.64. The summed E-state index contributed by atoms with van der Waals surface area (Å²) in [6.07, 6.45) is 1.15. The van der Waals surface area contributed by atoms with Crippen LogP contribution in [-0.4, -0.2) is 10.2 Å². The van der Waals surface area contributed by atoms with Crippen molar-refractivity contribution in [1.29, 1.82) is 0 Å². The van der Waals surface area contributed by atoms with E-state index in [-0.39, 0.29) is 11.5 Å². The number of aromatic hydroxyl groups is 2. The second-order valence-electron chi connectivity index (χ2n) is 6.93. The molecule has 0 amide bonds. The summed E-state index contributed by atoms with van der Waals surface area (Å²) < 4.78 is 1.21. The molecule has 4 aromatic rings. The van der Waals surface area contributed by atoms with Crippen molar-refractivity contribution in [3.8, 4) is 23.3 Å². The quantitative estimate of drug-likeness (QED) is 0.272. The first-order valence-electron chi connectivity index (χ1n) is 9.35. The Hall–Kier alpha value is -2.97. The summed E-state index contributed by atoms with van der Waals surface area (Å²) in [6, 6.07) is 25.5. The first-order chi connectivity index (χ1) is 14.1. The van der Waals surface area contributed by atoms with Gasteiger partial charge in [-0.05, 0) is 69.4 Å². The van der Waals surface area contributed by atoms with E-state index in [1.165, 1.54) is 9.13 Å². The summed E-state index contributed by atoms with van der Waals surface area (Å²) in [5.74, 6) is 6.61. The Kier molecular flexibility index (Phi) is 5.73. The van der Waals surface area contributed by atoms with E-state index in [1.807, 2.05) is 48.5 Å². The lowest BCUT2D eigenvalue weighted by Gasteiger charge is -2.11. The maximum atomic E-state index is 10.8. The van der Waals surface area contributed by atoms with Gasteiger partial charge in [0.1, 0.15) is 11.5 Å². The minimum absolute atomic E-state index is 0.108. The molecule has 0 bridgehead atoms. The van der Waals surface area contributed by atoms with E-state index in [2.05, 4.69) is 58.7 Å². The molecule has 0 saturated carbocycles. The molecule has 0 atom stereocenters. The molecule has 0 radical (unpaired) electrons. The van der Waals surface area contributed by atoms with Crippen molar-refractivity contribution in [2.24, 2.45) is 0 Å². The van der Waals surface area contributed by atoms with Crippen LogP contribution in [0.25, 0.3) is 10.8 Å². The normalized spacial score (nSPS) is 10.5. The Morgan fingerprint density at radius 1 is 0.793 bits per heavy atom. The third-order valence-corrected chi connectivity index (χ3v) is 5.58. The first kappa shape index (κ1) is 19.4. The molecule has 2 N–H and O–H groups in total. The fraction of sp³-hybridized carbons (Fsp3) is 0.0769. The highest BCUT2D eigenvalue weighted by molar-refractivity contribution is 14.1. The third kappa shape index (κ3) is 4.55. The van der Waals surface area contributed by atoms with Gasteiger partial charge in [0.2, 0.25) is 0 Å². The molecular formula is C26H19IO2. The average molecular weight is 490 g/mol. The molecule has 4 aromatic carbocycles. The predicted octanol–water partition coefficient (Wildman–Crippen LogP) is 6.04. The third-order valence-electron chi connectivity index (χ3n) is 4.86. The van der Waals surface area contributed by atoms with Gasteiger partial charge in [0.25, 0.3) is 0 Å². The summed E-state index contributed by atoms with van der Waals surface area (Å²) >= 11 is 2.29. The standard InChI is InChI=1S/C26H19IO2/c27-22-13-10-18(11-14-22)7-4-8-20-9-12-21-17-25(28)24(26(29)23(21)15-20)16-19-5-2-1-3-6-19/h1-3,5-6,9-15,17,28-29H,7,16H2. The largest absolute Gasteiger partial charge is 0.507 e. The van der Waals surface area contributed by atoms with Crippen LogP contribution in [0.15, 0.2) is 78.9 Å². The lowest BCUT2D eigenvalue weighted by Crippen LogP contribution is -1.91. The van der Waals surface area contributed by atoms with Crippen LogP contribution < -0.4 is 0 Å². The molecule has 2 nitrogen and oxygen atoms in total. The molecule has 0 aliphatic carbocycles. The van der Waals surface area contributed by atoms with Gasteiger partial charge in [-0.25, -0.2) is 0 Å². The molecule has 0 spiro atoms. The number of halogens is 1. The topological polar surface area (TPSA) is 40.5 Å². The van der Waals surface area contributed by atoms with Crippen LogP contribution in [0.5, 0.6) is 11.5 Å². The van der Waals surface area contributed by atoms with Crippen molar-refractivity contribution in [1.82, 2.24) is 0 Å². The highest BCUT2D eigenvalue weighted by Gasteiger charge is 2.13. The van der Waals surface area contributed by atoms with Crippen molar-refractivity contribution < 1.29 is 10.2 Å². The van der Waals surface area contributed by atoms with Crippen LogP contribution in [-0.2, 0) is 12.8 Å². The minimum atomic E-state index is 0.108. The molecule has 0 aliphatic heterocycles. The summed E-state index contributed by atoms with van der Waals surface area (Å²) in [4.78, 5) is 0. The fourth-order valence-electron chi connectivity index (χ4n) is 3.31. The zero-order chi connectivity index (χ0) is 20.2.